The smallest absolute Gasteiger partial charge is 0.129 e. The van der Waals surface area contributed by atoms with Gasteiger partial charge in [-0.05, 0) is 36.1 Å². The first-order valence-corrected chi connectivity index (χ1v) is 4.74. The van der Waals surface area contributed by atoms with E-state index in [4.69, 9.17) is 5.73 Å². The normalized spacial score (nSPS) is 11.0. The van der Waals surface area contributed by atoms with Crippen LogP contribution in [0, 0.1) is 11.6 Å². The van der Waals surface area contributed by atoms with Crippen LogP contribution in [0.3, 0.4) is 0 Å². The lowest BCUT2D eigenvalue weighted by Crippen LogP contribution is -2.06. The van der Waals surface area contributed by atoms with Crippen molar-refractivity contribution in [1.29, 1.82) is 0 Å². The summed E-state index contributed by atoms with van der Waals surface area (Å²) in [7, 11) is 0. The first-order valence-electron chi connectivity index (χ1n) is 4.74. The topological polar surface area (TPSA) is 26.0 Å². The SMILES string of the molecule is CC(C)c1cc(CCN)c(F)cc1F. The summed E-state index contributed by atoms with van der Waals surface area (Å²) in [6.07, 6.45) is 0.450. The monoisotopic (exact) mass is 199 g/mol. The van der Waals surface area contributed by atoms with Gasteiger partial charge in [-0.25, -0.2) is 8.78 Å². The molecule has 0 bridgehead atoms. The molecule has 0 saturated heterocycles. The third-order valence-corrected chi connectivity index (χ3v) is 2.20. The maximum Gasteiger partial charge on any atom is 0.129 e. The molecule has 0 aliphatic carbocycles. The van der Waals surface area contributed by atoms with Gasteiger partial charge in [0.15, 0.2) is 0 Å². The van der Waals surface area contributed by atoms with Gasteiger partial charge >= 0.3 is 0 Å². The molecular weight excluding hydrogens is 184 g/mol. The molecule has 78 valence electrons. The maximum atomic E-state index is 13.3. The highest BCUT2D eigenvalue weighted by atomic mass is 19.1. The molecule has 0 aliphatic rings. The van der Waals surface area contributed by atoms with Gasteiger partial charge in [-0.15, -0.1) is 0 Å². The summed E-state index contributed by atoms with van der Waals surface area (Å²) < 4.78 is 26.4. The van der Waals surface area contributed by atoms with Crippen LogP contribution in [0.5, 0.6) is 0 Å². The van der Waals surface area contributed by atoms with Crippen LogP contribution in [0.1, 0.15) is 30.9 Å². The van der Waals surface area contributed by atoms with Crippen LogP contribution < -0.4 is 5.73 Å². The fourth-order valence-corrected chi connectivity index (χ4v) is 1.40. The summed E-state index contributed by atoms with van der Waals surface area (Å²) in [6, 6.07) is 2.52. The molecule has 3 heteroatoms. The Morgan fingerprint density at radius 1 is 1.21 bits per heavy atom. The molecule has 0 fully saturated rings. The fourth-order valence-electron chi connectivity index (χ4n) is 1.40. The van der Waals surface area contributed by atoms with E-state index in [0.29, 0.717) is 24.1 Å². The number of nitrogens with two attached hydrogens (primary N) is 1. The lowest BCUT2D eigenvalue weighted by atomic mass is 9.98. The zero-order valence-electron chi connectivity index (χ0n) is 8.48. The van der Waals surface area contributed by atoms with Crippen LogP contribution in [0.4, 0.5) is 8.78 Å². The van der Waals surface area contributed by atoms with Gasteiger partial charge in [-0.1, -0.05) is 13.8 Å². The molecule has 1 aromatic carbocycles. The van der Waals surface area contributed by atoms with Crippen LogP contribution in [-0.2, 0) is 6.42 Å². The van der Waals surface area contributed by atoms with E-state index in [1.807, 2.05) is 13.8 Å². The minimum atomic E-state index is -0.502. The molecule has 1 aromatic rings. The average Bonchev–Trinajstić information content (AvgIpc) is 2.09. The number of rotatable bonds is 3. The first-order chi connectivity index (χ1) is 6.56. The fraction of sp³-hybridized carbons (Fsp3) is 0.455. The minimum absolute atomic E-state index is 0.0622. The van der Waals surface area contributed by atoms with E-state index in [1.54, 1.807) is 6.07 Å². The van der Waals surface area contributed by atoms with E-state index >= 15 is 0 Å². The second-order valence-corrected chi connectivity index (χ2v) is 3.66. The molecule has 0 radical (unpaired) electrons. The molecule has 0 atom stereocenters. The van der Waals surface area contributed by atoms with Crippen LogP contribution in [-0.4, -0.2) is 6.54 Å². The molecule has 1 nitrogen and oxygen atoms in total. The lowest BCUT2D eigenvalue weighted by Gasteiger charge is -2.10. The van der Waals surface area contributed by atoms with Gasteiger partial charge in [-0.2, -0.15) is 0 Å². The molecule has 14 heavy (non-hydrogen) atoms. The van der Waals surface area contributed by atoms with Crippen molar-refractivity contribution >= 4 is 0 Å². The Morgan fingerprint density at radius 3 is 2.36 bits per heavy atom. The Kier molecular flexibility index (Phi) is 3.58. The molecule has 0 spiro atoms. The number of benzene rings is 1. The second kappa shape index (κ2) is 4.51. The van der Waals surface area contributed by atoms with Gasteiger partial charge in [0.25, 0.3) is 0 Å². The molecule has 0 amide bonds. The van der Waals surface area contributed by atoms with E-state index in [9.17, 15) is 8.78 Å². The summed E-state index contributed by atoms with van der Waals surface area (Å²) in [5.41, 5.74) is 6.38. The largest absolute Gasteiger partial charge is 0.330 e. The van der Waals surface area contributed by atoms with Gasteiger partial charge in [-0.3, -0.25) is 0 Å². The van der Waals surface area contributed by atoms with E-state index in [2.05, 4.69) is 0 Å². The van der Waals surface area contributed by atoms with E-state index in [-0.39, 0.29) is 5.92 Å². The van der Waals surface area contributed by atoms with Crippen molar-refractivity contribution in [2.24, 2.45) is 5.73 Å². The molecule has 0 aliphatic heterocycles. The van der Waals surface area contributed by atoms with Gasteiger partial charge in [0.2, 0.25) is 0 Å². The van der Waals surface area contributed by atoms with E-state index in [1.165, 1.54) is 0 Å². The van der Waals surface area contributed by atoms with Gasteiger partial charge in [0.1, 0.15) is 11.6 Å². The summed E-state index contributed by atoms with van der Waals surface area (Å²) in [5.74, 6) is -0.914. The number of halogens is 2. The van der Waals surface area contributed by atoms with Crippen LogP contribution in [0.2, 0.25) is 0 Å². The highest BCUT2D eigenvalue weighted by Gasteiger charge is 2.11. The average molecular weight is 199 g/mol. The Hall–Kier alpha value is -0.960. The zero-order chi connectivity index (χ0) is 10.7. The molecular formula is C11H15F2N. The molecule has 0 unspecified atom stereocenters. The van der Waals surface area contributed by atoms with Crippen molar-refractivity contribution in [3.8, 4) is 0 Å². The van der Waals surface area contributed by atoms with Gasteiger partial charge in [0.05, 0.1) is 0 Å². The summed E-state index contributed by atoms with van der Waals surface area (Å²) in [5, 5.41) is 0. The highest BCUT2D eigenvalue weighted by molar-refractivity contribution is 5.29. The van der Waals surface area contributed by atoms with Gasteiger partial charge in [0, 0.05) is 6.07 Å². The summed E-state index contributed by atoms with van der Waals surface area (Å²) >= 11 is 0. The highest BCUT2D eigenvalue weighted by Crippen LogP contribution is 2.22. The Balaban J connectivity index is 3.13. The van der Waals surface area contributed by atoms with Crippen molar-refractivity contribution in [3.05, 3.63) is 34.9 Å². The lowest BCUT2D eigenvalue weighted by molar-refractivity contribution is 0.555. The van der Waals surface area contributed by atoms with E-state index < -0.39 is 11.6 Å². The van der Waals surface area contributed by atoms with Crippen molar-refractivity contribution in [3.63, 3.8) is 0 Å². The second-order valence-electron chi connectivity index (χ2n) is 3.66. The molecule has 1 rings (SSSR count). The summed E-state index contributed by atoms with van der Waals surface area (Å²) in [6.45, 7) is 4.13. The van der Waals surface area contributed by atoms with Crippen LogP contribution in [0.15, 0.2) is 12.1 Å². The standard InChI is InChI=1S/C11H15F2N/c1-7(2)9-5-8(3-4-14)10(12)6-11(9)13/h5-7H,3-4,14H2,1-2H3. The molecule has 0 heterocycles. The van der Waals surface area contributed by atoms with E-state index in [0.717, 1.165) is 6.07 Å². The predicted octanol–water partition coefficient (Wildman–Crippen LogP) is 2.59. The number of hydrogen-bond acceptors (Lipinski definition) is 1. The van der Waals surface area contributed by atoms with Crippen LogP contribution in [0.25, 0.3) is 0 Å². The van der Waals surface area contributed by atoms with Crippen molar-refractivity contribution in [2.45, 2.75) is 26.2 Å². The maximum absolute atomic E-state index is 13.3. The molecule has 2 N–H and O–H groups in total. The predicted molar refractivity (Wildman–Crippen MR) is 53.2 cm³/mol. The molecule has 0 aromatic heterocycles. The van der Waals surface area contributed by atoms with Gasteiger partial charge < -0.3 is 5.73 Å². The quantitative estimate of drug-likeness (QED) is 0.795. The Bertz CT molecular complexity index is 321. The minimum Gasteiger partial charge on any atom is -0.330 e. The Labute approximate surface area is 82.9 Å². The molecule has 0 saturated carbocycles. The third-order valence-electron chi connectivity index (χ3n) is 2.20. The number of hydrogen-bond donors (Lipinski definition) is 1. The van der Waals surface area contributed by atoms with Crippen molar-refractivity contribution in [1.82, 2.24) is 0 Å². The van der Waals surface area contributed by atoms with Crippen molar-refractivity contribution < 1.29 is 8.78 Å². The summed E-state index contributed by atoms with van der Waals surface area (Å²) in [4.78, 5) is 0. The zero-order valence-corrected chi connectivity index (χ0v) is 8.48. The first kappa shape index (κ1) is 11.1. The third kappa shape index (κ3) is 2.29. The van der Waals surface area contributed by atoms with Crippen LogP contribution >= 0.6 is 0 Å². The Morgan fingerprint density at radius 2 is 1.86 bits per heavy atom. The van der Waals surface area contributed by atoms with Crippen molar-refractivity contribution in [2.75, 3.05) is 6.54 Å².